The Hall–Kier alpha value is -4.31. The first kappa shape index (κ1) is 21.5. The van der Waals surface area contributed by atoms with Gasteiger partial charge in [0.15, 0.2) is 5.76 Å². The summed E-state index contributed by atoms with van der Waals surface area (Å²) >= 11 is 0. The third kappa shape index (κ3) is 3.54. The maximum atomic E-state index is 12.4. The zero-order valence-electron chi connectivity index (χ0n) is 18.6. The normalized spacial score (nSPS) is 18.0. The third-order valence-corrected chi connectivity index (χ3v) is 6.08. The summed E-state index contributed by atoms with van der Waals surface area (Å²) < 4.78 is 7.07. The zero-order valence-corrected chi connectivity index (χ0v) is 18.6. The van der Waals surface area contributed by atoms with E-state index in [1.54, 1.807) is 30.1 Å². The highest BCUT2D eigenvalue weighted by Gasteiger charge is 2.48. The molecule has 3 N–H and O–H groups in total. The van der Waals surface area contributed by atoms with Crippen molar-refractivity contribution >= 4 is 11.8 Å². The second-order valence-electron chi connectivity index (χ2n) is 8.32. The maximum Gasteiger partial charge on any atom is 0.267 e. The van der Waals surface area contributed by atoms with Gasteiger partial charge in [-0.15, -0.1) is 0 Å². The fourth-order valence-electron chi connectivity index (χ4n) is 4.14. The highest BCUT2D eigenvalue weighted by atomic mass is 16.5. The summed E-state index contributed by atoms with van der Waals surface area (Å²) in [4.78, 5) is 30.2. The minimum atomic E-state index is -1.72. The van der Waals surface area contributed by atoms with Gasteiger partial charge in [-0.1, -0.05) is 23.4 Å². The second kappa shape index (κ2) is 7.92. The van der Waals surface area contributed by atoms with E-state index in [0.717, 1.165) is 16.8 Å². The monoisotopic (exact) mass is 458 g/mol. The number of nitrogens with two attached hydrogens (primary N) is 1. The van der Waals surface area contributed by atoms with Crippen LogP contribution in [0.1, 0.15) is 22.7 Å². The Morgan fingerprint density at radius 3 is 2.50 bits per heavy atom. The molecule has 10 heteroatoms. The molecule has 2 amide bonds. The average Bonchev–Trinajstić information content (AvgIpc) is 3.56. The largest absolute Gasteiger partial charge is 0.373 e. The van der Waals surface area contributed by atoms with Crippen LogP contribution in [0.15, 0.2) is 59.3 Å². The van der Waals surface area contributed by atoms with Crippen LogP contribution in [0.5, 0.6) is 0 Å². The van der Waals surface area contributed by atoms with E-state index < -0.39 is 17.4 Å². The minimum Gasteiger partial charge on any atom is -0.373 e. The molecule has 1 aliphatic rings. The SMILES string of the molecule is CN1CC[C@@](O)(c2cc(-c3cccc(-c4cc(-c5ccnn5C)cc(C(N)=O)n4)c3)no2)C1=O. The van der Waals surface area contributed by atoms with Crippen LogP contribution in [0.2, 0.25) is 0 Å². The van der Waals surface area contributed by atoms with Crippen LogP contribution in [0.3, 0.4) is 0 Å². The van der Waals surface area contributed by atoms with E-state index in [4.69, 9.17) is 10.3 Å². The molecule has 1 aromatic carbocycles. The molecule has 34 heavy (non-hydrogen) atoms. The molecule has 10 nitrogen and oxygen atoms in total. The number of aromatic nitrogens is 4. The van der Waals surface area contributed by atoms with E-state index in [1.165, 1.54) is 4.90 Å². The number of carbonyl (C=O) groups excluding carboxylic acids is 2. The summed E-state index contributed by atoms with van der Waals surface area (Å²) in [6.07, 6.45) is 1.90. The average molecular weight is 458 g/mol. The van der Waals surface area contributed by atoms with Gasteiger partial charge in [-0.2, -0.15) is 5.10 Å². The lowest BCUT2D eigenvalue weighted by Crippen LogP contribution is -2.35. The van der Waals surface area contributed by atoms with Crippen molar-refractivity contribution in [1.29, 1.82) is 0 Å². The number of hydrogen-bond acceptors (Lipinski definition) is 7. The minimum absolute atomic E-state index is 0.106. The Kier molecular flexibility index (Phi) is 5.02. The number of hydrogen-bond donors (Lipinski definition) is 2. The Bertz CT molecular complexity index is 1420. The Labute approximate surface area is 194 Å². The number of nitrogens with zero attached hydrogens (tertiary/aromatic N) is 5. The lowest BCUT2D eigenvalue weighted by molar-refractivity contribution is -0.144. The van der Waals surface area contributed by atoms with Crippen molar-refractivity contribution in [2.24, 2.45) is 12.8 Å². The standard InChI is InChI=1S/C24H22N6O4/c1-29-9-7-24(33,23(29)32)21-13-18(28-34-21)15-5-3-4-14(10-15)17-11-16(12-19(27-17)22(25)31)20-6-8-26-30(20)2/h3-6,8,10-13,33H,7,9H2,1-2H3,(H2,25,31)/t24-/m1/s1. The quantitative estimate of drug-likeness (QED) is 0.466. The van der Waals surface area contributed by atoms with Gasteiger partial charge in [0.05, 0.1) is 11.4 Å². The lowest BCUT2D eigenvalue weighted by Gasteiger charge is -2.16. The third-order valence-electron chi connectivity index (χ3n) is 6.08. The molecule has 4 aromatic rings. The van der Waals surface area contributed by atoms with Gasteiger partial charge in [-0.25, -0.2) is 4.98 Å². The van der Waals surface area contributed by atoms with Gasteiger partial charge >= 0.3 is 0 Å². The first-order valence-electron chi connectivity index (χ1n) is 10.6. The summed E-state index contributed by atoms with van der Waals surface area (Å²) in [5, 5.41) is 19.1. The van der Waals surface area contributed by atoms with Crippen LogP contribution < -0.4 is 5.73 Å². The fraction of sp³-hybridized carbons (Fsp3) is 0.208. The Morgan fingerprint density at radius 2 is 1.85 bits per heavy atom. The molecule has 0 bridgehead atoms. The van der Waals surface area contributed by atoms with Crippen molar-refractivity contribution in [2.45, 2.75) is 12.0 Å². The van der Waals surface area contributed by atoms with E-state index in [-0.39, 0.29) is 17.9 Å². The molecule has 0 saturated carbocycles. The van der Waals surface area contributed by atoms with Gasteiger partial charge in [-0.05, 0) is 24.3 Å². The summed E-state index contributed by atoms with van der Waals surface area (Å²) in [7, 11) is 3.44. The zero-order chi connectivity index (χ0) is 24.0. The molecule has 172 valence electrons. The first-order chi connectivity index (χ1) is 16.3. The van der Waals surface area contributed by atoms with E-state index in [9.17, 15) is 14.7 Å². The smallest absolute Gasteiger partial charge is 0.267 e. The van der Waals surface area contributed by atoms with E-state index in [0.29, 0.717) is 23.5 Å². The molecule has 0 aliphatic carbocycles. The number of likely N-dealkylation sites (tertiary alicyclic amines) is 1. The number of carbonyl (C=O) groups is 2. The van der Waals surface area contributed by atoms with Crippen LogP contribution in [-0.4, -0.2) is 55.3 Å². The van der Waals surface area contributed by atoms with Crippen LogP contribution in [0.25, 0.3) is 33.8 Å². The fourth-order valence-corrected chi connectivity index (χ4v) is 4.14. The second-order valence-corrected chi connectivity index (χ2v) is 8.32. The Balaban J connectivity index is 1.54. The van der Waals surface area contributed by atoms with Gasteiger partial charge in [0.2, 0.25) is 5.60 Å². The van der Waals surface area contributed by atoms with E-state index >= 15 is 0 Å². The molecule has 1 fully saturated rings. The van der Waals surface area contributed by atoms with Gasteiger partial charge in [0, 0.05) is 56.0 Å². The lowest BCUT2D eigenvalue weighted by atomic mass is 9.97. The van der Waals surface area contributed by atoms with Crippen molar-refractivity contribution in [3.8, 4) is 33.8 Å². The number of pyridine rings is 1. The molecular weight excluding hydrogens is 436 g/mol. The van der Waals surface area contributed by atoms with Crippen molar-refractivity contribution in [3.63, 3.8) is 0 Å². The summed E-state index contributed by atoms with van der Waals surface area (Å²) in [5.74, 6) is -0.948. The topological polar surface area (TPSA) is 140 Å². The maximum absolute atomic E-state index is 12.4. The summed E-state index contributed by atoms with van der Waals surface area (Å²) in [6, 6.07) is 14.2. The number of aryl methyl sites for hydroxylation is 1. The number of benzene rings is 1. The number of amides is 2. The van der Waals surface area contributed by atoms with Gasteiger partial charge in [0.1, 0.15) is 11.4 Å². The molecule has 5 rings (SSSR count). The first-order valence-corrected chi connectivity index (χ1v) is 10.6. The van der Waals surface area contributed by atoms with Crippen LogP contribution in [0, 0.1) is 0 Å². The predicted octanol–water partition coefficient (Wildman–Crippen LogP) is 1.95. The molecule has 0 spiro atoms. The van der Waals surface area contributed by atoms with Gasteiger partial charge in [-0.3, -0.25) is 14.3 Å². The van der Waals surface area contributed by atoms with Crippen LogP contribution in [-0.2, 0) is 17.4 Å². The molecule has 0 unspecified atom stereocenters. The molecule has 1 aliphatic heterocycles. The molecular formula is C24H22N6O4. The molecule has 0 radical (unpaired) electrons. The Morgan fingerprint density at radius 1 is 1.09 bits per heavy atom. The number of aliphatic hydroxyl groups is 1. The summed E-state index contributed by atoms with van der Waals surface area (Å²) in [6.45, 7) is 0.432. The van der Waals surface area contributed by atoms with E-state index in [1.807, 2.05) is 43.4 Å². The predicted molar refractivity (Wildman–Crippen MR) is 122 cm³/mol. The molecule has 3 aromatic heterocycles. The van der Waals surface area contributed by atoms with Crippen molar-refractivity contribution < 1.29 is 19.2 Å². The molecule has 1 saturated heterocycles. The van der Waals surface area contributed by atoms with Gasteiger partial charge in [0.25, 0.3) is 11.8 Å². The van der Waals surface area contributed by atoms with Gasteiger partial charge < -0.3 is 20.3 Å². The summed E-state index contributed by atoms with van der Waals surface area (Å²) in [5.41, 5.74) is 7.94. The number of rotatable bonds is 5. The highest BCUT2D eigenvalue weighted by molar-refractivity contribution is 5.93. The molecule has 1 atom stereocenters. The highest BCUT2D eigenvalue weighted by Crippen LogP contribution is 2.35. The number of primary amides is 1. The van der Waals surface area contributed by atoms with Crippen molar-refractivity contribution in [2.75, 3.05) is 13.6 Å². The van der Waals surface area contributed by atoms with Crippen molar-refractivity contribution in [3.05, 3.63) is 66.2 Å². The van der Waals surface area contributed by atoms with E-state index in [2.05, 4.69) is 15.2 Å². The van der Waals surface area contributed by atoms with Crippen LogP contribution >= 0.6 is 0 Å². The number of likely N-dealkylation sites (N-methyl/N-ethyl adjacent to an activating group) is 1. The van der Waals surface area contributed by atoms with Crippen LogP contribution in [0.4, 0.5) is 0 Å². The molecule has 4 heterocycles. The van der Waals surface area contributed by atoms with Crippen molar-refractivity contribution in [1.82, 2.24) is 24.8 Å².